The zero-order chi connectivity index (χ0) is 22.1. The van der Waals surface area contributed by atoms with Gasteiger partial charge in [-0.1, -0.05) is 32.0 Å². The van der Waals surface area contributed by atoms with Gasteiger partial charge in [0.25, 0.3) is 5.56 Å². The van der Waals surface area contributed by atoms with Gasteiger partial charge in [0.2, 0.25) is 0 Å². The molecule has 0 spiro atoms. The second kappa shape index (κ2) is 8.70. The fraction of sp³-hybridized carbons (Fsp3) is 0.522. The maximum Gasteiger partial charge on any atom is 0.332 e. The molecule has 1 saturated heterocycles. The fourth-order valence-electron chi connectivity index (χ4n) is 4.24. The molecule has 0 amide bonds. The summed E-state index contributed by atoms with van der Waals surface area (Å²) in [5.41, 5.74) is 1.66. The third kappa shape index (κ3) is 4.17. The number of rotatable bonds is 6. The van der Waals surface area contributed by atoms with Gasteiger partial charge in [0.15, 0.2) is 11.2 Å². The minimum atomic E-state index is -0.339. The zero-order valence-electron chi connectivity index (χ0n) is 18.9. The molecule has 1 aliphatic heterocycles. The van der Waals surface area contributed by atoms with Crippen LogP contribution in [-0.4, -0.2) is 49.8 Å². The van der Waals surface area contributed by atoms with Crippen LogP contribution in [0.5, 0.6) is 0 Å². The Morgan fingerprint density at radius 1 is 0.968 bits per heavy atom. The average Bonchev–Trinajstić information content (AvgIpc) is 3.14. The highest BCUT2D eigenvalue weighted by atomic mass is 16.2. The maximum absolute atomic E-state index is 12.9. The Morgan fingerprint density at radius 3 is 2.29 bits per heavy atom. The summed E-state index contributed by atoms with van der Waals surface area (Å²) in [5, 5.41) is 0. The summed E-state index contributed by atoms with van der Waals surface area (Å²) in [5.74, 6) is 1.37. The van der Waals surface area contributed by atoms with Crippen molar-refractivity contribution in [2.45, 2.75) is 33.4 Å². The first kappa shape index (κ1) is 21.4. The molecule has 0 aliphatic carbocycles. The minimum Gasteiger partial charge on any atom is -0.369 e. The van der Waals surface area contributed by atoms with Gasteiger partial charge in [0, 0.05) is 52.5 Å². The summed E-state index contributed by atoms with van der Waals surface area (Å²) in [6.07, 6.45) is 0.951. The first-order chi connectivity index (χ1) is 14.9. The minimum absolute atomic E-state index is 0.269. The molecular weight excluding hydrogens is 392 g/mol. The van der Waals surface area contributed by atoms with Gasteiger partial charge in [0.05, 0.1) is 6.54 Å². The van der Waals surface area contributed by atoms with E-state index in [-0.39, 0.29) is 11.2 Å². The number of aryl methyl sites for hydroxylation is 2. The number of anilines is 1. The van der Waals surface area contributed by atoms with Gasteiger partial charge in [-0.25, -0.2) is 9.78 Å². The first-order valence-electron chi connectivity index (χ1n) is 11.0. The fourth-order valence-corrected chi connectivity index (χ4v) is 4.24. The molecule has 1 aromatic carbocycles. The van der Waals surface area contributed by atoms with E-state index in [0.29, 0.717) is 23.6 Å². The van der Waals surface area contributed by atoms with Crippen LogP contribution >= 0.6 is 0 Å². The van der Waals surface area contributed by atoms with Crippen LogP contribution in [0.15, 0.2) is 39.9 Å². The second-order valence-electron chi connectivity index (χ2n) is 8.84. The Bertz CT molecular complexity index is 1170. The van der Waals surface area contributed by atoms with Crippen molar-refractivity contribution in [3.05, 3.63) is 57.0 Å². The standard InChI is InChI=1S/C23H32N6O2/c1-17(2)10-11-29-19(24-21-20(29)22(30)26(4)23(31)25(21)3)16-27-12-14-28(15-13-27)18-8-6-5-7-9-18/h5-9,17H,10-16H2,1-4H3. The number of hydrogen-bond acceptors (Lipinski definition) is 5. The number of piperazine rings is 1. The van der Waals surface area contributed by atoms with E-state index in [1.54, 1.807) is 7.05 Å². The van der Waals surface area contributed by atoms with E-state index >= 15 is 0 Å². The van der Waals surface area contributed by atoms with E-state index in [9.17, 15) is 9.59 Å². The zero-order valence-corrected chi connectivity index (χ0v) is 18.9. The predicted octanol–water partition coefficient (Wildman–Crippen LogP) is 1.80. The summed E-state index contributed by atoms with van der Waals surface area (Å²) in [7, 11) is 3.22. The largest absolute Gasteiger partial charge is 0.369 e. The number of imidazole rings is 1. The van der Waals surface area contributed by atoms with Crippen molar-refractivity contribution in [2.75, 3.05) is 31.1 Å². The topological polar surface area (TPSA) is 68.3 Å². The Labute approximate surface area is 182 Å². The first-order valence-corrected chi connectivity index (χ1v) is 11.0. The van der Waals surface area contributed by atoms with Crippen LogP contribution in [0.4, 0.5) is 5.69 Å². The Hall–Kier alpha value is -2.87. The van der Waals surface area contributed by atoms with Crippen molar-refractivity contribution >= 4 is 16.9 Å². The molecule has 0 unspecified atom stereocenters. The number of fused-ring (bicyclic) bond motifs is 1. The smallest absolute Gasteiger partial charge is 0.332 e. The maximum atomic E-state index is 12.9. The quantitative estimate of drug-likeness (QED) is 0.604. The van der Waals surface area contributed by atoms with E-state index < -0.39 is 0 Å². The molecule has 166 valence electrons. The van der Waals surface area contributed by atoms with Gasteiger partial charge in [-0.15, -0.1) is 0 Å². The molecule has 0 N–H and O–H groups in total. The van der Waals surface area contributed by atoms with Gasteiger partial charge >= 0.3 is 5.69 Å². The van der Waals surface area contributed by atoms with Gasteiger partial charge in [-0.05, 0) is 24.5 Å². The van der Waals surface area contributed by atoms with Crippen LogP contribution in [0.25, 0.3) is 11.2 Å². The summed E-state index contributed by atoms with van der Waals surface area (Å²) in [4.78, 5) is 34.9. The van der Waals surface area contributed by atoms with Crippen LogP contribution in [-0.2, 0) is 27.2 Å². The van der Waals surface area contributed by atoms with Crippen LogP contribution in [0.1, 0.15) is 26.1 Å². The molecule has 0 atom stereocenters. The lowest BCUT2D eigenvalue weighted by Gasteiger charge is -2.36. The molecule has 31 heavy (non-hydrogen) atoms. The van der Waals surface area contributed by atoms with Crippen LogP contribution < -0.4 is 16.1 Å². The summed E-state index contributed by atoms with van der Waals surface area (Å²) in [6.45, 7) is 9.52. The molecule has 0 radical (unpaired) electrons. The van der Waals surface area contributed by atoms with E-state index in [4.69, 9.17) is 4.98 Å². The molecular formula is C23H32N6O2. The Morgan fingerprint density at radius 2 is 1.65 bits per heavy atom. The van der Waals surface area contributed by atoms with Gasteiger partial charge in [-0.2, -0.15) is 0 Å². The van der Waals surface area contributed by atoms with Crippen LogP contribution in [0, 0.1) is 5.92 Å². The third-order valence-corrected chi connectivity index (χ3v) is 6.22. The lowest BCUT2D eigenvalue weighted by Crippen LogP contribution is -2.46. The van der Waals surface area contributed by atoms with Crippen LogP contribution in [0.3, 0.4) is 0 Å². The van der Waals surface area contributed by atoms with Gasteiger partial charge in [0.1, 0.15) is 5.82 Å². The average molecular weight is 425 g/mol. The van der Waals surface area contributed by atoms with Crippen molar-refractivity contribution in [1.82, 2.24) is 23.6 Å². The normalized spacial score (nSPS) is 15.3. The number of nitrogens with zero attached hydrogens (tertiary/aromatic N) is 6. The van der Waals surface area contributed by atoms with Crippen molar-refractivity contribution in [2.24, 2.45) is 20.0 Å². The predicted molar refractivity (Wildman–Crippen MR) is 124 cm³/mol. The highest BCUT2D eigenvalue weighted by Gasteiger charge is 2.23. The second-order valence-corrected chi connectivity index (χ2v) is 8.84. The number of hydrogen-bond donors (Lipinski definition) is 0. The molecule has 4 rings (SSSR count). The van der Waals surface area contributed by atoms with Crippen molar-refractivity contribution in [1.29, 1.82) is 0 Å². The molecule has 3 heterocycles. The molecule has 1 fully saturated rings. The van der Waals surface area contributed by atoms with Crippen LogP contribution in [0.2, 0.25) is 0 Å². The number of benzene rings is 1. The third-order valence-electron chi connectivity index (χ3n) is 6.22. The molecule has 2 aromatic heterocycles. The van der Waals surface area contributed by atoms with Crippen molar-refractivity contribution in [3.8, 4) is 0 Å². The highest BCUT2D eigenvalue weighted by Crippen LogP contribution is 2.19. The van der Waals surface area contributed by atoms with E-state index in [0.717, 1.165) is 45.0 Å². The highest BCUT2D eigenvalue weighted by molar-refractivity contribution is 5.71. The Kier molecular flexibility index (Phi) is 6.00. The molecule has 1 aliphatic rings. The lowest BCUT2D eigenvalue weighted by atomic mass is 10.1. The van der Waals surface area contributed by atoms with Gasteiger partial charge in [-0.3, -0.25) is 18.8 Å². The summed E-state index contributed by atoms with van der Waals surface area (Å²) in [6, 6.07) is 10.5. The van der Waals surface area contributed by atoms with E-state index in [1.165, 1.54) is 21.9 Å². The van der Waals surface area contributed by atoms with E-state index in [1.807, 2.05) is 10.6 Å². The van der Waals surface area contributed by atoms with Gasteiger partial charge < -0.3 is 9.47 Å². The Balaban J connectivity index is 1.62. The van der Waals surface area contributed by atoms with Crippen molar-refractivity contribution in [3.63, 3.8) is 0 Å². The monoisotopic (exact) mass is 424 g/mol. The SMILES string of the molecule is CC(C)CCn1c(CN2CCN(c3ccccc3)CC2)nc2c1c(=O)n(C)c(=O)n2C. The van der Waals surface area contributed by atoms with E-state index in [2.05, 4.69) is 47.9 Å². The summed E-state index contributed by atoms with van der Waals surface area (Å²) >= 11 is 0. The molecule has 3 aromatic rings. The van der Waals surface area contributed by atoms with Crippen molar-refractivity contribution < 1.29 is 0 Å². The number of aromatic nitrogens is 4. The molecule has 0 bridgehead atoms. The summed E-state index contributed by atoms with van der Waals surface area (Å²) < 4.78 is 4.71. The number of para-hydroxylation sites is 1. The molecule has 8 nitrogen and oxygen atoms in total. The molecule has 8 heteroatoms. The molecule has 0 saturated carbocycles. The lowest BCUT2D eigenvalue weighted by molar-refractivity contribution is 0.240.